The van der Waals surface area contributed by atoms with Crippen molar-refractivity contribution in [1.29, 1.82) is 5.26 Å². The van der Waals surface area contributed by atoms with Crippen LogP contribution in [0.5, 0.6) is 0 Å². The number of anilines is 1. The van der Waals surface area contributed by atoms with Gasteiger partial charge in [0.15, 0.2) is 0 Å². The van der Waals surface area contributed by atoms with Crippen molar-refractivity contribution >= 4 is 11.7 Å². The van der Waals surface area contributed by atoms with Gasteiger partial charge in [-0.1, -0.05) is 32.6 Å². The molecule has 0 radical (unpaired) electrons. The van der Waals surface area contributed by atoms with E-state index >= 15 is 0 Å². The van der Waals surface area contributed by atoms with E-state index in [4.69, 9.17) is 5.26 Å². The van der Waals surface area contributed by atoms with Crippen molar-refractivity contribution in [2.24, 2.45) is 0 Å². The first-order valence-electron chi connectivity index (χ1n) is 6.42. The van der Waals surface area contributed by atoms with Crippen LogP contribution in [0.25, 0.3) is 0 Å². The predicted molar refractivity (Wildman–Crippen MR) is 71.0 cm³/mol. The molecule has 0 aliphatic rings. The second-order valence-electron chi connectivity index (χ2n) is 4.26. The van der Waals surface area contributed by atoms with Crippen LogP contribution in [-0.2, 0) is 4.79 Å². The molecule has 1 rings (SSSR count). The van der Waals surface area contributed by atoms with Gasteiger partial charge < -0.3 is 5.32 Å². The minimum absolute atomic E-state index is 0.0105. The number of amides is 1. The molecule has 18 heavy (non-hydrogen) atoms. The Kier molecular flexibility index (Phi) is 6.49. The molecule has 4 nitrogen and oxygen atoms in total. The standard InChI is InChI=1S/C14H19N3O/c1-2-3-4-5-6-7-14(18)17-13-9-8-12(10-15)11-16-13/h8-9,11H,2-7H2,1H3,(H,16,17,18). The fourth-order valence-corrected chi connectivity index (χ4v) is 1.63. The monoisotopic (exact) mass is 245 g/mol. The maximum Gasteiger partial charge on any atom is 0.225 e. The number of carbonyl (C=O) groups excluding carboxylic acids is 1. The van der Waals surface area contributed by atoms with Gasteiger partial charge in [0.25, 0.3) is 0 Å². The van der Waals surface area contributed by atoms with E-state index in [9.17, 15) is 4.79 Å². The molecule has 0 fully saturated rings. The maximum atomic E-state index is 11.6. The number of nitrogens with zero attached hydrogens (tertiary/aromatic N) is 2. The molecule has 1 heterocycles. The molecule has 1 aromatic heterocycles. The smallest absolute Gasteiger partial charge is 0.225 e. The molecule has 1 aromatic rings. The van der Waals surface area contributed by atoms with E-state index in [0.29, 0.717) is 17.8 Å². The Morgan fingerprint density at radius 1 is 1.33 bits per heavy atom. The molecule has 0 aliphatic carbocycles. The SMILES string of the molecule is CCCCCCCC(=O)Nc1ccc(C#N)cn1. The van der Waals surface area contributed by atoms with Gasteiger partial charge in [-0.3, -0.25) is 4.79 Å². The minimum Gasteiger partial charge on any atom is -0.311 e. The quantitative estimate of drug-likeness (QED) is 0.750. The Hall–Kier alpha value is -1.89. The third kappa shape index (κ3) is 5.44. The number of hydrogen-bond donors (Lipinski definition) is 1. The zero-order valence-electron chi connectivity index (χ0n) is 10.8. The van der Waals surface area contributed by atoms with Gasteiger partial charge in [-0.15, -0.1) is 0 Å². The van der Waals surface area contributed by atoms with Crippen molar-refractivity contribution in [3.05, 3.63) is 23.9 Å². The normalized spacial score (nSPS) is 9.78. The lowest BCUT2D eigenvalue weighted by molar-refractivity contribution is -0.116. The van der Waals surface area contributed by atoms with Crippen molar-refractivity contribution in [1.82, 2.24) is 4.98 Å². The first-order chi connectivity index (χ1) is 8.76. The lowest BCUT2D eigenvalue weighted by Crippen LogP contribution is -2.12. The van der Waals surface area contributed by atoms with Crippen molar-refractivity contribution < 1.29 is 4.79 Å². The summed E-state index contributed by atoms with van der Waals surface area (Å²) in [6.07, 6.45) is 7.64. The molecule has 1 N–H and O–H groups in total. The summed E-state index contributed by atoms with van der Waals surface area (Å²) < 4.78 is 0. The second-order valence-corrected chi connectivity index (χ2v) is 4.26. The molecule has 0 spiro atoms. The lowest BCUT2D eigenvalue weighted by Gasteiger charge is -2.04. The second kappa shape index (κ2) is 8.24. The van der Waals surface area contributed by atoms with Crippen molar-refractivity contribution in [3.8, 4) is 6.07 Å². The highest BCUT2D eigenvalue weighted by molar-refractivity contribution is 5.89. The third-order valence-electron chi connectivity index (χ3n) is 2.67. The fraction of sp³-hybridized carbons (Fsp3) is 0.500. The molecular formula is C14H19N3O. The summed E-state index contributed by atoms with van der Waals surface area (Å²) in [7, 11) is 0. The lowest BCUT2D eigenvalue weighted by atomic mass is 10.1. The molecule has 0 saturated carbocycles. The van der Waals surface area contributed by atoms with E-state index in [2.05, 4.69) is 17.2 Å². The van der Waals surface area contributed by atoms with Gasteiger partial charge in [0, 0.05) is 12.6 Å². The number of nitrogens with one attached hydrogen (secondary N) is 1. The summed E-state index contributed by atoms with van der Waals surface area (Å²) >= 11 is 0. The Bertz CT molecular complexity index is 406. The fourth-order valence-electron chi connectivity index (χ4n) is 1.63. The average molecular weight is 245 g/mol. The maximum absolute atomic E-state index is 11.6. The molecule has 0 saturated heterocycles. The molecule has 0 atom stereocenters. The van der Waals surface area contributed by atoms with Gasteiger partial charge in [-0.05, 0) is 18.6 Å². The van der Waals surface area contributed by atoms with Gasteiger partial charge in [-0.25, -0.2) is 4.98 Å². The minimum atomic E-state index is -0.0105. The predicted octanol–water partition coefficient (Wildman–Crippen LogP) is 3.25. The highest BCUT2D eigenvalue weighted by Gasteiger charge is 2.03. The van der Waals surface area contributed by atoms with Gasteiger partial charge >= 0.3 is 0 Å². The summed E-state index contributed by atoms with van der Waals surface area (Å²) in [6.45, 7) is 2.17. The van der Waals surface area contributed by atoms with E-state index < -0.39 is 0 Å². The van der Waals surface area contributed by atoms with Gasteiger partial charge in [0.05, 0.1) is 5.56 Å². The van der Waals surface area contributed by atoms with Crippen LogP contribution in [-0.4, -0.2) is 10.9 Å². The number of carbonyl (C=O) groups is 1. The molecule has 4 heteroatoms. The van der Waals surface area contributed by atoms with Crippen LogP contribution in [0, 0.1) is 11.3 Å². The first kappa shape index (κ1) is 14.2. The van der Waals surface area contributed by atoms with Crippen molar-refractivity contribution in [2.75, 3.05) is 5.32 Å². The largest absolute Gasteiger partial charge is 0.311 e. The van der Waals surface area contributed by atoms with Crippen LogP contribution in [0.4, 0.5) is 5.82 Å². The molecule has 0 bridgehead atoms. The highest BCUT2D eigenvalue weighted by Crippen LogP contribution is 2.08. The number of unbranched alkanes of at least 4 members (excludes halogenated alkanes) is 4. The van der Waals surface area contributed by atoms with E-state index in [1.54, 1.807) is 12.1 Å². The number of nitriles is 1. The average Bonchev–Trinajstić information content (AvgIpc) is 2.39. The van der Waals surface area contributed by atoms with Crippen LogP contribution in [0.2, 0.25) is 0 Å². The Morgan fingerprint density at radius 3 is 2.72 bits per heavy atom. The summed E-state index contributed by atoms with van der Waals surface area (Å²) in [5.74, 6) is 0.497. The van der Waals surface area contributed by atoms with Crippen molar-refractivity contribution in [2.45, 2.75) is 45.4 Å². The van der Waals surface area contributed by atoms with Crippen LogP contribution >= 0.6 is 0 Å². The highest BCUT2D eigenvalue weighted by atomic mass is 16.1. The molecule has 1 amide bonds. The number of pyridine rings is 1. The Balaban J connectivity index is 2.25. The Labute approximate surface area is 108 Å². The number of rotatable bonds is 7. The topological polar surface area (TPSA) is 65.8 Å². The summed E-state index contributed by atoms with van der Waals surface area (Å²) in [5.41, 5.74) is 0.493. The molecular weight excluding hydrogens is 226 g/mol. The van der Waals surface area contributed by atoms with E-state index in [-0.39, 0.29) is 5.91 Å². The van der Waals surface area contributed by atoms with Gasteiger partial charge in [-0.2, -0.15) is 5.26 Å². The number of aromatic nitrogens is 1. The van der Waals surface area contributed by atoms with Crippen LogP contribution in [0.1, 0.15) is 51.0 Å². The van der Waals surface area contributed by atoms with E-state index in [0.717, 1.165) is 12.8 Å². The summed E-state index contributed by atoms with van der Waals surface area (Å²) in [4.78, 5) is 15.6. The zero-order chi connectivity index (χ0) is 13.2. The first-order valence-corrected chi connectivity index (χ1v) is 6.42. The summed E-state index contributed by atoms with van der Waals surface area (Å²) in [6, 6.07) is 5.28. The third-order valence-corrected chi connectivity index (χ3v) is 2.67. The molecule has 0 aromatic carbocycles. The Morgan fingerprint density at radius 2 is 2.11 bits per heavy atom. The van der Waals surface area contributed by atoms with Crippen LogP contribution < -0.4 is 5.32 Å². The summed E-state index contributed by atoms with van der Waals surface area (Å²) in [5, 5.41) is 11.3. The molecule has 0 aliphatic heterocycles. The van der Waals surface area contributed by atoms with Crippen LogP contribution in [0.3, 0.4) is 0 Å². The molecule has 96 valence electrons. The molecule has 0 unspecified atom stereocenters. The van der Waals surface area contributed by atoms with Crippen LogP contribution in [0.15, 0.2) is 18.3 Å². The van der Waals surface area contributed by atoms with E-state index in [1.165, 1.54) is 25.5 Å². The number of hydrogen-bond acceptors (Lipinski definition) is 3. The zero-order valence-corrected chi connectivity index (χ0v) is 10.8. The van der Waals surface area contributed by atoms with Crippen molar-refractivity contribution in [3.63, 3.8) is 0 Å². The van der Waals surface area contributed by atoms with Gasteiger partial charge in [0.2, 0.25) is 5.91 Å². The van der Waals surface area contributed by atoms with Gasteiger partial charge in [0.1, 0.15) is 11.9 Å². The van der Waals surface area contributed by atoms with E-state index in [1.807, 2.05) is 6.07 Å².